The molecule has 0 aliphatic carbocycles. The predicted molar refractivity (Wildman–Crippen MR) is 122 cm³/mol. The molecule has 2 heterocycles. The minimum absolute atomic E-state index is 0.230. The Kier molecular flexibility index (Phi) is 6.27. The quantitative estimate of drug-likeness (QED) is 0.315. The van der Waals surface area contributed by atoms with E-state index >= 15 is 0 Å². The molecule has 2 aromatic heterocycles. The van der Waals surface area contributed by atoms with E-state index in [1.54, 1.807) is 21.1 Å². The van der Waals surface area contributed by atoms with Crippen molar-refractivity contribution in [2.75, 3.05) is 7.11 Å². The minimum atomic E-state index is -0.362. The van der Waals surface area contributed by atoms with Gasteiger partial charge in [-0.2, -0.15) is 4.98 Å². The van der Waals surface area contributed by atoms with Crippen LogP contribution in [-0.4, -0.2) is 26.4 Å². The summed E-state index contributed by atoms with van der Waals surface area (Å²) in [6.07, 6.45) is 0. The van der Waals surface area contributed by atoms with E-state index < -0.39 is 0 Å². The standard InChI is InChI=1S/C23H22N4O4S/c1-15-21(28)27(13-16-7-5-4-6-8-16)23(29)26(2)22(15)32-14-19-24-20(31-25-19)17-9-11-18(30-3)12-10-17/h4-12H,13-14H2,1-3H3. The summed E-state index contributed by atoms with van der Waals surface area (Å²) in [4.78, 5) is 30.2. The Morgan fingerprint density at radius 3 is 2.47 bits per heavy atom. The highest BCUT2D eigenvalue weighted by Crippen LogP contribution is 2.25. The molecule has 0 unspecified atom stereocenters. The molecule has 32 heavy (non-hydrogen) atoms. The van der Waals surface area contributed by atoms with Crippen molar-refractivity contribution in [2.45, 2.75) is 24.2 Å². The molecular formula is C23H22N4O4S. The van der Waals surface area contributed by atoms with Crippen molar-refractivity contribution in [3.63, 3.8) is 0 Å². The summed E-state index contributed by atoms with van der Waals surface area (Å²) in [5.74, 6) is 1.96. The first-order valence-electron chi connectivity index (χ1n) is 9.92. The fourth-order valence-electron chi connectivity index (χ4n) is 3.31. The van der Waals surface area contributed by atoms with Gasteiger partial charge in [0.05, 0.1) is 24.4 Å². The Balaban J connectivity index is 1.54. The van der Waals surface area contributed by atoms with Gasteiger partial charge >= 0.3 is 5.69 Å². The number of nitrogens with zero attached hydrogens (tertiary/aromatic N) is 4. The highest BCUT2D eigenvalue weighted by atomic mass is 32.2. The van der Waals surface area contributed by atoms with Gasteiger partial charge in [0.1, 0.15) is 5.75 Å². The molecule has 4 rings (SSSR count). The first-order valence-corrected chi connectivity index (χ1v) is 10.9. The molecule has 9 heteroatoms. The van der Waals surface area contributed by atoms with Crippen molar-refractivity contribution in [1.29, 1.82) is 0 Å². The Morgan fingerprint density at radius 1 is 1.06 bits per heavy atom. The van der Waals surface area contributed by atoms with Crippen LogP contribution in [0.15, 0.2) is 73.7 Å². The second kappa shape index (κ2) is 9.27. The number of aromatic nitrogens is 4. The molecule has 0 saturated carbocycles. The Hall–Kier alpha value is -3.59. The number of rotatable bonds is 7. The molecule has 8 nitrogen and oxygen atoms in total. The molecule has 0 bridgehead atoms. The van der Waals surface area contributed by atoms with Crippen LogP contribution in [0, 0.1) is 6.92 Å². The van der Waals surface area contributed by atoms with Gasteiger partial charge < -0.3 is 9.26 Å². The van der Waals surface area contributed by atoms with E-state index in [-0.39, 0.29) is 17.8 Å². The van der Waals surface area contributed by atoms with Crippen LogP contribution in [-0.2, 0) is 19.3 Å². The van der Waals surface area contributed by atoms with Crippen LogP contribution in [0.25, 0.3) is 11.5 Å². The van der Waals surface area contributed by atoms with Crippen LogP contribution in [0.2, 0.25) is 0 Å². The van der Waals surface area contributed by atoms with Crippen LogP contribution >= 0.6 is 11.8 Å². The van der Waals surface area contributed by atoms with Gasteiger partial charge in [-0.15, -0.1) is 0 Å². The lowest BCUT2D eigenvalue weighted by atomic mass is 10.2. The van der Waals surface area contributed by atoms with Gasteiger partial charge in [-0.25, -0.2) is 4.79 Å². The van der Waals surface area contributed by atoms with E-state index in [0.29, 0.717) is 28.1 Å². The highest BCUT2D eigenvalue weighted by Gasteiger charge is 2.17. The average Bonchev–Trinajstić information content (AvgIpc) is 3.30. The highest BCUT2D eigenvalue weighted by molar-refractivity contribution is 7.98. The van der Waals surface area contributed by atoms with Gasteiger partial charge in [0.2, 0.25) is 0 Å². The number of ether oxygens (including phenoxy) is 1. The molecule has 4 aromatic rings. The van der Waals surface area contributed by atoms with Crippen molar-refractivity contribution in [2.24, 2.45) is 7.05 Å². The number of hydrogen-bond donors (Lipinski definition) is 0. The second-order valence-electron chi connectivity index (χ2n) is 7.18. The largest absolute Gasteiger partial charge is 0.497 e. The Morgan fingerprint density at radius 2 is 1.78 bits per heavy atom. The van der Waals surface area contributed by atoms with Gasteiger partial charge in [0.25, 0.3) is 11.4 Å². The van der Waals surface area contributed by atoms with E-state index in [2.05, 4.69) is 10.1 Å². The Labute approximate surface area is 188 Å². The third-order valence-corrected chi connectivity index (χ3v) is 6.29. The van der Waals surface area contributed by atoms with Crippen molar-refractivity contribution in [3.05, 3.63) is 92.4 Å². The smallest absolute Gasteiger partial charge is 0.331 e. The summed E-state index contributed by atoms with van der Waals surface area (Å²) in [6, 6.07) is 16.7. The third kappa shape index (κ3) is 4.38. The summed E-state index contributed by atoms with van der Waals surface area (Å²) in [7, 11) is 3.27. The molecule has 0 saturated heterocycles. The van der Waals surface area contributed by atoms with Crippen LogP contribution in [0.3, 0.4) is 0 Å². The lowest BCUT2D eigenvalue weighted by Gasteiger charge is -2.14. The molecule has 0 aliphatic heterocycles. The molecule has 164 valence electrons. The molecule has 0 atom stereocenters. The SMILES string of the molecule is COc1ccc(-c2nc(CSc3c(C)c(=O)n(Cc4ccccc4)c(=O)n3C)no2)cc1. The maximum atomic E-state index is 12.9. The molecule has 2 aromatic carbocycles. The number of benzene rings is 2. The third-order valence-electron chi connectivity index (χ3n) is 5.04. The maximum Gasteiger partial charge on any atom is 0.331 e. The normalized spacial score (nSPS) is 11.0. The van der Waals surface area contributed by atoms with Gasteiger partial charge in [0.15, 0.2) is 5.82 Å². The van der Waals surface area contributed by atoms with Gasteiger partial charge in [0, 0.05) is 18.2 Å². The molecular weight excluding hydrogens is 428 g/mol. The van der Waals surface area contributed by atoms with E-state index in [4.69, 9.17) is 9.26 Å². The lowest BCUT2D eigenvalue weighted by molar-refractivity contribution is 0.414. The van der Waals surface area contributed by atoms with Crippen LogP contribution in [0.5, 0.6) is 5.75 Å². The summed E-state index contributed by atoms with van der Waals surface area (Å²) >= 11 is 1.33. The van der Waals surface area contributed by atoms with E-state index in [0.717, 1.165) is 16.9 Å². The molecule has 0 spiro atoms. The summed E-state index contributed by atoms with van der Waals surface area (Å²) in [5.41, 5.74) is 1.52. The van der Waals surface area contributed by atoms with Crippen molar-refractivity contribution >= 4 is 11.8 Å². The van der Waals surface area contributed by atoms with Gasteiger partial charge in [-0.3, -0.25) is 13.9 Å². The fraction of sp³-hybridized carbons (Fsp3) is 0.217. The van der Waals surface area contributed by atoms with Gasteiger partial charge in [-0.1, -0.05) is 47.3 Å². The van der Waals surface area contributed by atoms with Crippen LogP contribution in [0.4, 0.5) is 0 Å². The van der Waals surface area contributed by atoms with Crippen molar-refractivity contribution in [3.8, 4) is 17.2 Å². The molecule has 0 aliphatic rings. The maximum absolute atomic E-state index is 12.9. The monoisotopic (exact) mass is 450 g/mol. The summed E-state index contributed by atoms with van der Waals surface area (Å²) in [6.45, 7) is 1.96. The average molecular weight is 451 g/mol. The molecule has 0 amide bonds. The zero-order valence-corrected chi connectivity index (χ0v) is 18.8. The van der Waals surface area contributed by atoms with Crippen molar-refractivity contribution < 1.29 is 9.26 Å². The first-order chi connectivity index (χ1) is 15.5. The summed E-state index contributed by atoms with van der Waals surface area (Å²) in [5, 5.41) is 4.60. The van der Waals surface area contributed by atoms with Crippen molar-refractivity contribution in [1.82, 2.24) is 19.3 Å². The molecule has 0 radical (unpaired) electrons. The number of hydrogen-bond acceptors (Lipinski definition) is 7. The lowest BCUT2D eigenvalue weighted by Crippen LogP contribution is -2.41. The van der Waals surface area contributed by atoms with E-state index in [9.17, 15) is 9.59 Å². The zero-order chi connectivity index (χ0) is 22.7. The fourth-order valence-corrected chi connectivity index (χ4v) is 4.27. The first kappa shape index (κ1) is 21.6. The minimum Gasteiger partial charge on any atom is -0.497 e. The number of methoxy groups -OCH3 is 1. The molecule has 0 N–H and O–H groups in total. The van der Waals surface area contributed by atoms with Crippen LogP contribution in [0.1, 0.15) is 17.0 Å². The topological polar surface area (TPSA) is 92.2 Å². The molecule has 0 fully saturated rings. The summed E-state index contributed by atoms with van der Waals surface area (Å²) < 4.78 is 13.3. The second-order valence-corrected chi connectivity index (χ2v) is 8.15. The Bertz CT molecular complexity index is 1300. The van der Waals surface area contributed by atoms with E-state index in [1.165, 1.54) is 20.9 Å². The van der Waals surface area contributed by atoms with Gasteiger partial charge in [-0.05, 0) is 36.8 Å². The number of thioether (sulfide) groups is 1. The predicted octanol–water partition coefficient (Wildman–Crippen LogP) is 3.25. The van der Waals surface area contributed by atoms with E-state index in [1.807, 2.05) is 54.6 Å². The zero-order valence-electron chi connectivity index (χ0n) is 17.9. The van der Waals surface area contributed by atoms with Crippen LogP contribution < -0.4 is 16.0 Å².